The molecule has 0 aliphatic heterocycles. The molecular formula is C7H4BrNO3S. The Kier molecular flexibility index (Phi) is 3.05. The predicted molar refractivity (Wildman–Crippen MR) is 53.4 cm³/mol. The Balaban J connectivity index is 3.47. The molecule has 0 amide bonds. The highest BCUT2D eigenvalue weighted by Gasteiger charge is 2.17. The largest absolute Gasteiger partial charge is 0.298 e. The smallest absolute Gasteiger partial charge is 0.281 e. The molecule has 0 bridgehead atoms. The van der Waals surface area contributed by atoms with Gasteiger partial charge in [-0.15, -0.1) is 12.6 Å². The van der Waals surface area contributed by atoms with E-state index in [9.17, 15) is 14.9 Å². The lowest BCUT2D eigenvalue weighted by Gasteiger charge is -2.00. The summed E-state index contributed by atoms with van der Waals surface area (Å²) < 4.78 is 0.559. The van der Waals surface area contributed by atoms with Gasteiger partial charge in [-0.05, 0) is 22.0 Å². The van der Waals surface area contributed by atoms with Crippen molar-refractivity contribution in [3.63, 3.8) is 0 Å². The molecular weight excluding hydrogens is 258 g/mol. The van der Waals surface area contributed by atoms with Crippen molar-refractivity contribution in [2.75, 3.05) is 0 Å². The minimum Gasteiger partial charge on any atom is -0.298 e. The number of nitro benzene ring substituents is 1. The number of carbonyl (C=O) groups is 1. The molecule has 0 saturated heterocycles. The Labute approximate surface area is 87.6 Å². The van der Waals surface area contributed by atoms with Crippen molar-refractivity contribution < 1.29 is 9.72 Å². The lowest BCUT2D eigenvalue weighted by Crippen LogP contribution is -1.95. The summed E-state index contributed by atoms with van der Waals surface area (Å²) in [5.41, 5.74) is -0.245. The molecule has 0 radical (unpaired) electrons. The van der Waals surface area contributed by atoms with Crippen LogP contribution in [0.2, 0.25) is 0 Å². The maximum Gasteiger partial charge on any atom is 0.281 e. The number of thiol groups is 1. The number of rotatable bonds is 2. The number of benzene rings is 1. The first kappa shape index (κ1) is 10.2. The number of halogens is 1. The SMILES string of the molecule is O=Cc1c([N+](=O)[O-])ccc(Br)c1S. The van der Waals surface area contributed by atoms with Crippen LogP contribution in [0.1, 0.15) is 10.4 Å². The van der Waals surface area contributed by atoms with Gasteiger partial charge in [0.15, 0.2) is 6.29 Å². The van der Waals surface area contributed by atoms with Crippen LogP contribution in [-0.2, 0) is 0 Å². The van der Waals surface area contributed by atoms with Gasteiger partial charge in [-0.3, -0.25) is 14.9 Å². The first-order valence-electron chi connectivity index (χ1n) is 3.19. The normalized spacial score (nSPS) is 9.69. The van der Waals surface area contributed by atoms with E-state index in [0.717, 1.165) is 0 Å². The lowest BCUT2D eigenvalue weighted by molar-refractivity contribution is -0.385. The Morgan fingerprint density at radius 1 is 1.54 bits per heavy atom. The van der Waals surface area contributed by atoms with E-state index in [-0.39, 0.29) is 16.1 Å². The fourth-order valence-electron chi connectivity index (χ4n) is 0.846. The van der Waals surface area contributed by atoms with Crippen LogP contribution in [0.3, 0.4) is 0 Å². The third kappa shape index (κ3) is 1.89. The van der Waals surface area contributed by atoms with Gasteiger partial charge in [0, 0.05) is 15.4 Å². The molecule has 4 nitrogen and oxygen atoms in total. The molecule has 0 fully saturated rings. The number of hydrogen-bond acceptors (Lipinski definition) is 4. The fourth-order valence-corrected chi connectivity index (χ4v) is 1.43. The molecule has 0 atom stereocenters. The van der Waals surface area contributed by atoms with Gasteiger partial charge in [-0.1, -0.05) is 0 Å². The van der Waals surface area contributed by atoms with E-state index in [2.05, 4.69) is 28.6 Å². The number of carbonyl (C=O) groups excluding carboxylic acids is 1. The van der Waals surface area contributed by atoms with Gasteiger partial charge < -0.3 is 0 Å². The summed E-state index contributed by atoms with van der Waals surface area (Å²) in [7, 11) is 0. The number of nitrogens with zero attached hydrogens (tertiary/aromatic N) is 1. The summed E-state index contributed by atoms with van der Waals surface area (Å²) in [5.74, 6) is 0. The molecule has 0 spiro atoms. The van der Waals surface area contributed by atoms with E-state index in [4.69, 9.17) is 0 Å². The van der Waals surface area contributed by atoms with Crippen molar-refractivity contribution in [3.05, 3.63) is 32.3 Å². The summed E-state index contributed by atoms with van der Waals surface area (Å²) in [6, 6.07) is 2.74. The van der Waals surface area contributed by atoms with E-state index < -0.39 is 4.92 Å². The third-order valence-electron chi connectivity index (χ3n) is 1.46. The number of aldehydes is 1. The molecule has 0 unspecified atom stereocenters. The predicted octanol–water partition coefficient (Wildman–Crippen LogP) is 2.46. The lowest BCUT2D eigenvalue weighted by atomic mass is 10.2. The molecule has 68 valence electrons. The van der Waals surface area contributed by atoms with Gasteiger partial charge in [0.1, 0.15) is 5.56 Å². The minimum atomic E-state index is -0.615. The van der Waals surface area contributed by atoms with Gasteiger partial charge in [-0.2, -0.15) is 0 Å². The van der Waals surface area contributed by atoms with Gasteiger partial charge in [0.25, 0.3) is 5.69 Å². The topological polar surface area (TPSA) is 60.2 Å². The van der Waals surface area contributed by atoms with Crippen LogP contribution in [-0.4, -0.2) is 11.2 Å². The quantitative estimate of drug-likeness (QED) is 0.385. The maximum absolute atomic E-state index is 10.5. The van der Waals surface area contributed by atoms with Crippen LogP contribution in [0.5, 0.6) is 0 Å². The Morgan fingerprint density at radius 2 is 2.15 bits per heavy atom. The fraction of sp³-hybridized carbons (Fsp3) is 0. The molecule has 0 aromatic heterocycles. The summed E-state index contributed by atoms with van der Waals surface area (Å²) in [6.45, 7) is 0. The van der Waals surface area contributed by atoms with Crippen LogP contribution >= 0.6 is 28.6 Å². The van der Waals surface area contributed by atoms with Gasteiger partial charge in [0.2, 0.25) is 0 Å². The zero-order chi connectivity index (χ0) is 10.0. The highest BCUT2D eigenvalue weighted by Crippen LogP contribution is 2.30. The highest BCUT2D eigenvalue weighted by molar-refractivity contribution is 9.10. The zero-order valence-corrected chi connectivity index (χ0v) is 8.71. The molecule has 0 heterocycles. The van der Waals surface area contributed by atoms with Crippen LogP contribution < -0.4 is 0 Å². The number of nitro groups is 1. The summed E-state index contributed by atoms with van der Waals surface area (Å²) in [5, 5.41) is 10.4. The van der Waals surface area contributed by atoms with Crippen molar-refractivity contribution in [2.45, 2.75) is 4.90 Å². The molecule has 0 aliphatic rings. The van der Waals surface area contributed by atoms with E-state index >= 15 is 0 Å². The molecule has 0 saturated carbocycles. The average molecular weight is 262 g/mol. The van der Waals surface area contributed by atoms with Gasteiger partial charge >= 0.3 is 0 Å². The highest BCUT2D eigenvalue weighted by atomic mass is 79.9. The van der Waals surface area contributed by atoms with Gasteiger partial charge in [-0.25, -0.2) is 0 Å². The molecule has 13 heavy (non-hydrogen) atoms. The van der Waals surface area contributed by atoms with E-state index in [0.29, 0.717) is 10.8 Å². The Morgan fingerprint density at radius 3 is 2.62 bits per heavy atom. The second-order valence-electron chi connectivity index (χ2n) is 2.20. The first-order valence-corrected chi connectivity index (χ1v) is 4.43. The van der Waals surface area contributed by atoms with Gasteiger partial charge in [0.05, 0.1) is 4.92 Å². The summed E-state index contributed by atoms with van der Waals surface area (Å²) >= 11 is 7.09. The molecule has 1 aromatic carbocycles. The van der Waals surface area contributed by atoms with Crippen molar-refractivity contribution in [2.24, 2.45) is 0 Å². The molecule has 1 aromatic rings. The Bertz CT molecular complexity index is 380. The average Bonchev–Trinajstić information content (AvgIpc) is 2.09. The summed E-state index contributed by atoms with van der Waals surface area (Å²) in [6.07, 6.45) is 0.422. The molecule has 1 rings (SSSR count). The second kappa shape index (κ2) is 3.89. The number of hydrogen-bond donors (Lipinski definition) is 1. The van der Waals surface area contributed by atoms with Crippen LogP contribution in [0.4, 0.5) is 5.69 Å². The van der Waals surface area contributed by atoms with Crippen molar-refractivity contribution >= 4 is 40.5 Å². The monoisotopic (exact) mass is 261 g/mol. The Hall–Kier alpha value is -0.880. The zero-order valence-electron chi connectivity index (χ0n) is 6.23. The molecule has 6 heteroatoms. The maximum atomic E-state index is 10.5. The van der Waals surface area contributed by atoms with Crippen LogP contribution in [0, 0.1) is 10.1 Å². The van der Waals surface area contributed by atoms with Crippen LogP contribution in [0.25, 0.3) is 0 Å². The van der Waals surface area contributed by atoms with Crippen molar-refractivity contribution in [3.8, 4) is 0 Å². The minimum absolute atomic E-state index is 0.0114. The van der Waals surface area contributed by atoms with Crippen molar-refractivity contribution in [1.29, 1.82) is 0 Å². The third-order valence-corrected chi connectivity index (χ3v) is 2.91. The first-order chi connectivity index (χ1) is 6.07. The standard InChI is InChI=1S/C7H4BrNO3S/c8-5-1-2-6(9(11)12)4(3-10)7(5)13/h1-3,13H. The van der Waals surface area contributed by atoms with Crippen LogP contribution in [0.15, 0.2) is 21.5 Å². The summed E-state index contributed by atoms with van der Waals surface area (Å²) in [4.78, 5) is 20.6. The van der Waals surface area contributed by atoms with Crippen molar-refractivity contribution in [1.82, 2.24) is 0 Å². The molecule has 0 N–H and O–H groups in total. The van der Waals surface area contributed by atoms with E-state index in [1.54, 1.807) is 0 Å². The van der Waals surface area contributed by atoms with E-state index in [1.165, 1.54) is 12.1 Å². The molecule has 0 aliphatic carbocycles. The second-order valence-corrected chi connectivity index (χ2v) is 3.51. The van der Waals surface area contributed by atoms with E-state index in [1.807, 2.05) is 0 Å².